The van der Waals surface area contributed by atoms with E-state index in [1.165, 1.54) is 0 Å². The van der Waals surface area contributed by atoms with Crippen molar-refractivity contribution in [1.29, 1.82) is 0 Å². The highest BCUT2D eigenvalue weighted by atomic mass is 32.1. The van der Waals surface area contributed by atoms with E-state index in [1.54, 1.807) is 7.11 Å². The van der Waals surface area contributed by atoms with E-state index in [0.717, 1.165) is 25.7 Å². The Morgan fingerprint density at radius 3 is 2.28 bits per heavy atom. The van der Waals surface area contributed by atoms with Crippen molar-refractivity contribution in [2.45, 2.75) is 44.2 Å². The standard InChI is InChI=1S/C12H23N3O2S/c1-13-12(18)15-10-5-3-9(4-6-10)14-11(16)7-8-17-2/h9-10H,3-8H2,1-2H3,(H,14,16)(H2,13,15,18). The molecule has 0 aromatic rings. The van der Waals surface area contributed by atoms with E-state index < -0.39 is 0 Å². The summed E-state index contributed by atoms with van der Waals surface area (Å²) in [5.41, 5.74) is 0. The second-order valence-corrected chi connectivity index (χ2v) is 4.99. The van der Waals surface area contributed by atoms with Crippen LogP contribution >= 0.6 is 12.2 Å². The smallest absolute Gasteiger partial charge is 0.222 e. The van der Waals surface area contributed by atoms with Crippen LogP contribution in [0.15, 0.2) is 0 Å². The zero-order valence-corrected chi connectivity index (χ0v) is 11.9. The van der Waals surface area contributed by atoms with Gasteiger partial charge in [0.25, 0.3) is 0 Å². The molecular weight excluding hydrogens is 250 g/mol. The Balaban J connectivity index is 2.18. The number of hydrogen-bond acceptors (Lipinski definition) is 3. The third-order valence-electron chi connectivity index (χ3n) is 3.19. The molecule has 0 saturated heterocycles. The number of nitrogens with one attached hydrogen (secondary N) is 3. The third-order valence-corrected chi connectivity index (χ3v) is 3.51. The molecule has 0 unspecified atom stereocenters. The highest BCUT2D eigenvalue weighted by Gasteiger charge is 2.22. The maximum atomic E-state index is 11.5. The summed E-state index contributed by atoms with van der Waals surface area (Å²) >= 11 is 5.08. The van der Waals surface area contributed by atoms with Gasteiger partial charge in [-0.05, 0) is 37.9 Å². The van der Waals surface area contributed by atoms with Gasteiger partial charge < -0.3 is 20.7 Å². The van der Waals surface area contributed by atoms with Crippen LogP contribution in [0.3, 0.4) is 0 Å². The van der Waals surface area contributed by atoms with Crippen molar-refractivity contribution >= 4 is 23.2 Å². The van der Waals surface area contributed by atoms with Gasteiger partial charge in [-0.3, -0.25) is 4.79 Å². The van der Waals surface area contributed by atoms with Crippen LogP contribution in [0, 0.1) is 0 Å². The molecule has 0 atom stereocenters. The number of methoxy groups -OCH3 is 1. The average Bonchev–Trinajstić information content (AvgIpc) is 2.38. The fraction of sp³-hybridized carbons (Fsp3) is 0.833. The first-order valence-electron chi connectivity index (χ1n) is 6.42. The SMILES string of the molecule is CNC(=S)NC1CCC(NC(=O)CCOC)CC1. The van der Waals surface area contributed by atoms with Gasteiger partial charge in [-0.25, -0.2) is 0 Å². The zero-order chi connectivity index (χ0) is 13.4. The molecule has 1 rings (SSSR count). The molecule has 1 aliphatic carbocycles. The molecule has 5 nitrogen and oxygen atoms in total. The Hall–Kier alpha value is -0.880. The fourth-order valence-corrected chi connectivity index (χ4v) is 2.30. The molecule has 0 aliphatic heterocycles. The molecule has 0 aromatic heterocycles. The van der Waals surface area contributed by atoms with Crippen molar-refractivity contribution in [3.63, 3.8) is 0 Å². The van der Waals surface area contributed by atoms with E-state index in [0.29, 0.717) is 30.2 Å². The summed E-state index contributed by atoms with van der Waals surface area (Å²) in [5, 5.41) is 9.92. The maximum Gasteiger partial charge on any atom is 0.222 e. The van der Waals surface area contributed by atoms with Gasteiger partial charge in [0.05, 0.1) is 6.61 Å². The number of ether oxygens (including phenoxy) is 1. The molecule has 6 heteroatoms. The van der Waals surface area contributed by atoms with Gasteiger partial charge in [0.15, 0.2) is 5.11 Å². The Kier molecular flexibility index (Phi) is 6.97. The van der Waals surface area contributed by atoms with Gasteiger partial charge in [-0.1, -0.05) is 0 Å². The molecule has 1 saturated carbocycles. The molecule has 1 fully saturated rings. The Morgan fingerprint density at radius 2 is 1.78 bits per heavy atom. The molecule has 0 spiro atoms. The van der Waals surface area contributed by atoms with Crippen molar-refractivity contribution in [3.05, 3.63) is 0 Å². The van der Waals surface area contributed by atoms with Crippen LogP contribution in [-0.2, 0) is 9.53 Å². The van der Waals surface area contributed by atoms with Gasteiger partial charge in [-0.2, -0.15) is 0 Å². The van der Waals surface area contributed by atoms with E-state index >= 15 is 0 Å². The predicted octanol–water partition coefficient (Wildman–Crippen LogP) is 0.544. The minimum absolute atomic E-state index is 0.0824. The predicted molar refractivity (Wildman–Crippen MR) is 75.5 cm³/mol. The van der Waals surface area contributed by atoms with Gasteiger partial charge in [-0.15, -0.1) is 0 Å². The van der Waals surface area contributed by atoms with E-state index in [2.05, 4.69) is 16.0 Å². The summed E-state index contributed by atoms with van der Waals surface area (Å²) in [6.45, 7) is 0.485. The molecule has 0 aromatic carbocycles. The summed E-state index contributed by atoms with van der Waals surface area (Å²) in [5.74, 6) is 0.0824. The number of thiocarbonyl (C=S) groups is 1. The van der Waals surface area contributed by atoms with E-state index in [9.17, 15) is 4.79 Å². The molecule has 104 valence electrons. The normalized spacial score (nSPS) is 23.2. The summed E-state index contributed by atoms with van der Waals surface area (Å²) in [7, 11) is 3.42. The molecule has 0 bridgehead atoms. The molecule has 1 amide bonds. The second kappa shape index (κ2) is 8.26. The number of rotatable bonds is 5. The molecule has 0 radical (unpaired) electrons. The minimum atomic E-state index is 0.0824. The van der Waals surface area contributed by atoms with Crippen LogP contribution in [-0.4, -0.2) is 43.9 Å². The van der Waals surface area contributed by atoms with Crippen LogP contribution in [0.4, 0.5) is 0 Å². The molecule has 3 N–H and O–H groups in total. The molecule has 18 heavy (non-hydrogen) atoms. The largest absolute Gasteiger partial charge is 0.384 e. The second-order valence-electron chi connectivity index (χ2n) is 4.58. The third kappa shape index (κ3) is 5.64. The Morgan fingerprint density at radius 1 is 1.22 bits per heavy atom. The lowest BCUT2D eigenvalue weighted by Crippen LogP contribution is -2.46. The first kappa shape index (κ1) is 15.2. The summed E-state index contributed by atoms with van der Waals surface area (Å²) in [6.07, 6.45) is 4.53. The number of carbonyl (C=O) groups excluding carboxylic acids is 1. The summed E-state index contributed by atoms with van der Waals surface area (Å²) in [6, 6.07) is 0.729. The topological polar surface area (TPSA) is 62.4 Å². The van der Waals surface area contributed by atoms with Crippen LogP contribution in [0.2, 0.25) is 0 Å². The maximum absolute atomic E-state index is 11.5. The van der Waals surface area contributed by atoms with E-state index in [4.69, 9.17) is 17.0 Å². The van der Waals surface area contributed by atoms with Gasteiger partial charge >= 0.3 is 0 Å². The van der Waals surface area contributed by atoms with Crippen LogP contribution < -0.4 is 16.0 Å². The quantitative estimate of drug-likeness (QED) is 0.638. The van der Waals surface area contributed by atoms with Crippen molar-refractivity contribution in [3.8, 4) is 0 Å². The van der Waals surface area contributed by atoms with E-state index in [1.807, 2.05) is 7.05 Å². The monoisotopic (exact) mass is 273 g/mol. The van der Waals surface area contributed by atoms with Gasteiger partial charge in [0.1, 0.15) is 0 Å². The van der Waals surface area contributed by atoms with Crippen molar-refractivity contribution in [2.75, 3.05) is 20.8 Å². The van der Waals surface area contributed by atoms with Crippen molar-refractivity contribution < 1.29 is 9.53 Å². The molecular formula is C12H23N3O2S. The fourth-order valence-electron chi connectivity index (χ4n) is 2.13. The first-order valence-corrected chi connectivity index (χ1v) is 6.83. The minimum Gasteiger partial charge on any atom is -0.384 e. The lowest BCUT2D eigenvalue weighted by atomic mass is 9.91. The summed E-state index contributed by atoms with van der Waals surface area (Å²) in [4.78, 5) is 11.5. The lowest BCUT2D eigenvalue weighted by Gasteiger charge is -2.30. The van der Waals surface area contributed by atoms with Gasteiger partial charge in [0, 0.05) is 32.7 Å². The lowest BCUT2D eigenvalue weighted by molar-refractivity contribution is -0.122. The van der Waals surface area contributed by atoms with Gasteiger partial charge in [0.2, 0.25) is 5.91 Å². The van der Waals surface area contributed by atoms with Crippen LogP contribution in [0.25, 0.3) is 0 Å². The Labute approximate surface area is 114 Å². The number of hydrogen-bond donors (Lipinski definition) is 3. The highest BCUT2D eigenvalue weighted by molar-refractivity contribution is 7.80. The molecule has 1 aliphatic rings. The van der Waals surface area contributed by atoms with Crippen LogP contribution in [0.5, 0.6) is 0 Å². The number of amides is 1. The van der Waals surface area contributed by atoms with E-state index in [-0.39, 0.29) is 5.91 Å². The Bertz CT molecular complexity index is 278. The van der Waals surface area contributed by atoms with Crippen molar-refractivity contribution in [2.24, 2.45) is 0 Å². The van der Waals surface area contributed by atoms with Crippen LogP contribution in [0.1, 0.15) is 32.1 Å². The highest BCUT2D eigenvalue weighted by Crippen LogP contribution is 2.18. The first-order chi connectivity index (χ1) is 8.65. The van der Waals surface area contributed by atoms with Crippen molar-refractivity contribution in [1.82, 2.24) is 16.0 Å². The average molecular weight is 273 g/mol. The zero-order valence-electron chi connectivity index (χ0n) is 11.1. The number of carbonyl (C=O) groups is 1. The summed E-state index contributed by atoms with van der Waals surface area (Å²) < 4.78 is 4.88. The molecule has 0 heterocycles.